The molecule has 0 aromatic carbocycles. The van der Waals surface area contributed by atoms with E-state index in [9.17, 15) is 9.67 Å². The van der Waals surface area contributed by atoms with Crippen LogP contribution in [0.3, 0.4) is 0 Å². The topological polar surface area (TPSA) is 129 Å². The van der Waals surface area contributed by atoms with E-state index in [1.807, 2.05) is 0 Å². The molecule has 1 aromatic heterocycles. The van der Waals surface area contributed by atoms with Crippen LogP contribution in [0.1, 0.15) is 5.82 Å². The second-order valence-corrected chi connectivity index (χ2v) is 5.91. The minimum atomic E-state index is -4.17. The molecule has 17 heavy (non-hydrogen) atoms. The molecule has 98 valence electrons. The minimum Gasteiger partial charge on any atom is -0.390 e. The van der Waals surface area contributed by atoms with E-state index in [0.29, 0.717) is 16.7 Å². The summed E-state index contributed by atoms with van der Waals surface area (Å²) in [6, 6.07) is 0. The van der Waals surface area contributed by atoms with Crippen molar-refractivity contribution in [3.8, 4) is 0 Å². The molecule has 0 spiro atoms. The monoisotopic (exact) mass is 283 g/mol. The van der Waals surface area contributed by atoms with Gasteiger partial charge in [0.05, 0.1) is 12.7 Å². The molecule has 8 nitrogen and oxygen atoms in total. The highest BCUT2D eigenvalue weighted by atomic mass is 32.2. The van der Waals surface area contributed by atoms with Crippen LogP contribution in [0, 0.1) is 6.92 Å². The summed E-state index contributed by atoms with van der Waals surface area (Å²) in [4.78, 5) is 21.1. The average Bonchev–Trinajstić information content (AvgIpc) is 2.59. The molecular weight excluding hydrogens is 269 g/mol. The molecule has 1 aromatic rings. The second-order valence-electron chi connectivity index (χ2n) is 3.33. The smallest absolute Gasteiger partial charge is 0.350 e. The number of nitrogens with one attached hydrogen (secondary N) is 1. The van der Waals surface area contributed by atoms with Gasteiger partial charge in [-0.15, -0.1) is 5.10 Å². The zero-order valence-electron chi connectivity index (χ0n) is 9.11. The van der Waals surface area contributed by atoms with E-state index < -0.39 is 20.0 Å². The zero-order valence-corrected chi connectivity index (χ0v) is 10.8. The fraction of sp³-hybridized carbons (Fsp3) is 0.714. The number of ether oxygens (including phenoxy) is 1. The van der Waals surface area contributed by atoms with E-state index >= 15 is 0 Å². The first kappa shape index (κ1) is 14.6. The lowest BCUT2D eigenvalue weighted by atomic mass is 10.4. The van der Waals surface area contributed by atoms with Gasteiger partial charge in [-0.05, 0) is 6.92 Å². The van der Waals surface area contributed by atoms with Crippen LogP contribution in [-0.4, -0.2) is 54.9 Å². The Labute approximate surface area is 102 Å². The Hall–Kier alpha value is -0.440. The minimum absolute atomic E-state index is 0.137. The lowest BCUT2D eigenvalue weighted by molar-refractivity contribution is 0.0633. The number of aryl methyl sites for hydroxylation is 1. The van der Waals surface area contributed by atoms with Crippen molar-refractivity contribution in [2.24, 2.45) is 0 Å². The van der Waals surface area contributed by atoms with Gasteiger partial charge < -0.3 is 19.6 Å². The van der Waals surface area contributed by atoms with Gasteiger partial charge in [-0.3, -0.25) is 9.66 Å². The van der Waals surface area contributed by atoms with Crippen LogP contribution >= 0.6 is 19.4 Å². The van der Waals surface area contributed by atoms with Crippen LogP contribution in [0.2, 0.25) is 0 Å². The van der Waals surface area contributed by atoms with Gasteiger partial charge in [0, 0.05) is 5.75 Å². The largest absolute Gasteiger partial charge is 0.390 e. The van der Waals surface area contributed by atoms with E-state index in [1.54, 1.807) is 6.92 Å². The first-order valence-corrected chi connectivity index (χ1v) is 7.47. The number of aromatic nitrogens is 3. The van der Waals surface area contributed by atoms with E-state index in [2.05, 4.69) is 19.9 Å². The summed E-state index contributed by atoms with van der Waals surface area (Å²) in [6.07, 6.45) is -1.51. The van der Waals surface area contributed by atoms with Gasteiger partial charge in [-0.25, -0.2) is 4.98 Å². The van der Waals surface area contributed by atoms with Crippen molar-refractivity contribution in [2.75, 3.05) is 18.7 Å². The number of rotatable bonds is 7. The number of aromatic amines is 1. The molecule has 0 saturated carbocycles. The Balaban J connectivity index is 2.17. The summed E-state index contributed by atoms with van der Waals surface area (Å²) in [6.45, 7) is 1.62. The third-order valence-electron chi connectivity index (χ3n) is 1.55. The summed E-state index contributed by atoms with van der Waals surface area (Å²) >= 11 is 1.23. The van der Waals surface area contributed by atoms with Crippen LogP contribution in [-0.2, 0) is 9.30 Å². The number of hydrogen-bond acceptors (Lipinski definition) is 6. The standard InChI is InChI=1S/C7H14N3O5PS/c1-5-8-7(10-9-5)17-3-6(11)2-15-4-16(12,13)14/h6,11H,2-4H2,1H3,(H,8,9,10)(H2,12,13,14). The highest BCUT2D eigenvalue weighted by Crippen LogP contribution is 2.33. The normalized spacial score (nSPS) is 13.9. The predicted octanol–water partition coefficient (Wildman–Crippen LogP) is -0.282. The molecule has 0 bridgehead atoms. The third kappa shape index (κ3) is 6.77. The molecule has 0 radical (unpaired) electrons. The Bertz CT molecular complexity index is 395. The van der Waals surface area contributed by atoms with E-state index in [4.69, 9.17) is 9.79 Å². The summed E-state index contributed by atoms with van der Waals surface area (Å²) in [5.74, 6) is 0.970. The van der Waals surface area contributed by atoms with Crippen molar-refractivity contribution in [1.29, 1.82) is 0 Å². The van der Waals surface area contributed by atoms with E-state index in [1.165, 1.54) is 11.8 Å². The summed E-state index contributed by atoms with van der Waals surface area (Å²) < 4.78 is 15.1. The van der Waals surface area contributed by atoms with Crippen molar-refractivity contribution >= 4 is 19.4 Å². The Morgan fingerprint density at radius 2 is 2.29 bits per heavy atom. The molecule has 10 heteroatoms. The number of hydrogen-bond donors (Lipinski definition) is 4. The van der Waals surface area contributed by atoms with Crippen molar-refractivity contribution in [2.45, 2.75) is 18.2 Å². The number of nitrogens with zero attached hydrogens (tertiary/aromatic N) is 2. The molecule has 0 aliphatic heterocycles. The maximum atomic E-state index is 10.5. The van der Waals surface area contributed by atoms with Gasteiger partial charge in [-0.1, -0.05) is 11.8 Å². The lowest BCUT2D eigenvalue weighted by Gasteiger charge is -2.10. The molecule has 1 rings (SSSR count). The van der Waals surface area contributed by atoms with Gasteiger partial charge in [0.1, 0.15) is 12.2 Å². The summed E-state index contributed by atoms with van der Waals surface area (Å²) in [5, 5.41) is 16.5. The summed E-state index contributed by atoms with van der Waals surface area (Å²) in [5.41, 5.74) is 0. The predicted molar refractivity (Wildman–Crippen MR) is 60.7 cm³/mol. The number of aliphatic hydroxyl groups is 1. The quantitative estimate of drug-likeness (QED) is 0.397. The first-order valence-electron chi connectivity index (χ1n) is 4.69. The molecule has 0 saturated heterocycles. The SMILES string of the molecule is Cc1nc(SCC(O)COCP(=O)(O)O)n[nH]1. The van der Waals surface area contributed by atoms with E-state index in [-0.39, 0.29) is 6.61 Å². The van der Waals surface area contributed by atoms with E-state index in [0.717, 1.165) is 0 Å². The Morgan fingerprint density at radius 1 is 1.59 bits per heavy atom. The Kier molecular flexibility index (Phi) is 5.57. The van der Waals surface area contributed by atoms with Crippen LogP contribution in [0.4, 0.5) is 0 Å². The summed E-state index contributed by atoms with van der Waals surface area (Å²) in [7, 11) is -4.17. The van der Waals surface area contributed by atoms with Gasteiger partial charge in [0.2, 0.25) is 5.16 Å². The number of H-pyrrole nitrogens is 1. The number of thioether (sulfide) groups is 1. The molecule has 1 unspecified atom stereocenters. The molecular formula is C7H14N3O5PS. The fourth-order valence-corrected chi connectivity index (χ4v) is 2.01. The maximum Gasteiger partial charge on any atom is 0.350 e. The van der Waals surface area contributed by atoms with Crippen LogP contribution in [0.5, 0.6) is 0 Å². The molecule has 4 N–H and O–H groups in total. The third-order valence-corrected chi connectivity index (χ3v) is 3.06. The highest BCUT2D eigenvalue weighted by molar-refractivity contribution is 7.99. The van der Waals surface area contributed by atoms with Crippen molar-refractivity contribution in [3.63, 3.8) is 0 Å². The molecule has 0 aliphatic rings. The van der Waals surface area contributed by atoms with Crippen LogP contribution < -0.4 is 0 Å². The molecule has 1 atom stereocenters. The van der Waals surface area contributed by atoms with Crippen molar-refractivity contribution in [1.82, 2.24) is 15.2 Å². The van der Waals surface area contributed by atoms with Crippen LogP contribution in [0.15, 0.2) is 5.16 Å². The van der Waals surface area contributed by atoms with Gasteiger partial charge in [0.15, 0.2) is 0 Å². The molecule has 0 fully saturated rings. The lowest BCUT2D eigenvalue weighted by Crippen LogP contribution is -2.18. The van der Waals surface area contributed by atoms with Crippen molar-refractivity contribution in [3.05, 3.63) is 5.82 Å². The second kappa shape index (κ2) is 6.48. The average molecular weight is 283 g/mol. The first-order chi connectivity index (χ1) is 7.87. The molecule has 1 heterocycles. The molecule has 0 aliphatic carbocycles. The zero-order chi connectivity index (χ0) is 12.9. The Morgan fingerprint density at radius 3 is 2.82 bits per heavy atom. The number of aliphatic hydroxyl groups excluding tert-OH is 1. The van der Waals surface area contributed by atoms with Gasteiger partial charge >= 0.3 is 7.60 Å². The molecule has 0 amide bonds. The van der Waals surface area contributed by atoms with Crippen molar-refractivity contribution < 1.29 is 24.2 Å². The highest BCUT2D eigenvalue weighted by Gasteiger charge is 2.14. The van der Waals surface area contributed by atoms with Gasteiger partial charge in [0.25, 0.3) is 0 Å². The van der Waals surface area contributed by atoms with Crippen LogP contribution in [0.25, 0.3) is 0 Å². The van der Waals surface area contributed by atoms with Gasteiger partial charge in [-0.2, -0.15) is 0 Å². The maximum absolute atomic E-state index is 10.5. The fourth-order valence-electron chi connectivity index (χ4n) is 0.913.